The summed E-state index contributed by atoms with van der Waals surface area (Å²) >= 11 is 7.54. The van der Waals surface area contributed by atoms with Crippen LogP contribution < -0.4 is 10.1 Å². The Bertz CT molecular complexity index is 642. The molecule has 0 saturated carbocycles. The summed E-state index contributed by atoms with van der Waals surface area (Å²) in [6.45, 7) is 4.02. The molecule has 0 aliphatic heterocycles. The predicted octanol–water partition coefficient (Wildman–Crippen LogP) is 3.19. The topological polar surface area (TPSA) is 49.8 Å². The van der Waals surface area contributed by atoms with Gasteiger partial charge in [-0.2, -0.15) is 0 Å². The van der Waals surface area contributed by atoms with Gasteiger partial charge in [-0.25, -0.2) is 4.98 Å². The molecule has 0 saturated heterocycles. The number of aromatic nitrogens is 1. The first-order valence-electron chi connectivity index (χ1n) is 7.30. The molecule has 0 fully saturated rings. The summed E-state index contributed by atoms with van der Waals surface area (Å²) < 4.78 is 5.70. The summed E-state index contributed by atoms with van der Waals surface area (Å²) in [6, 6.07) is 7.36. The van der Waals surface area contributed by atoms with E-state index in [1.54, 1.807) is 18.4 Å². The third-order valence-corrected chi connectivity index (χ3v) is 4.34. The molecule has 0 atom stereocenters. The Labute approximate surface area is 146 Å². The summed E-state index contributed by atoms with van der Waals surface area (Å²) in [4.78, 5) is 11.8. The average Bonchev–Trinajstić information content (AvgIpc) is 2.95. The first kappa shape index (κ1) is 17.6. The van der Waals surface area contributed by atoms with Gasteiger partial charge in [0, 0.05) is 30.2 Å². The van der Waals surface area contributed by atoms with Gasteiger partial charge in [-0.1, -0.05) is 11.6 Å². The van der Waals surface area contributed by atoms with E-state index in [-0.39, 0.29) is 0 Å². The molecule has 1 aromatic heterocycles. The highest BCUT2D eigenvalue weighted by atomic mass is 35.5. The number of ether oxygens (including phenoxy) is 1. The van der Waals surface area contributed by atoms with Gasteiger partial charge in [0.1, 0.15) is 12.4 Å². The maximum Gasteiger partial charge on any atom is 0.193 e. The molecule has 0 aliphatic carbocycles. The van der Waals surface area contributed by atoms with Gasteiger partial charge < -0.3 is 15.0 Å². The number of nitrogens with one attached hydrogen (secondary N) is 1. The normalized spacial score (nSPS) is 11.4. The Balaban J connectivity index is 1.76. The molecule has 23 heavy (non-hydrogen) atoms. The van der Waals surface area contributed by atoms with Crippen LogP contribution in [0.15, 0.2) is 35.5 Å². The Morgan fingerprint density at radius 3 is 2.74 bits per heavy atom. The zero-order valence-electron chi connectivity index (χ0n) is 13.5. The quantitative estimate of drug-likeness (QED) is 0.640. The molecule has 1 aromatic carbocycles. The van der Waals surface area contributed by atoms with Crippen LogP contribution in [-0.2, 0) is 6.54 Å². The van der Waals surface area contributed by atoms with Crippen LogP contribution in [0.2, 0.25) is 5.02 Å². The van der Waals surface area contributed by atoms with Crippen molar-refractivity contribution in [3.05, 3.63) is 45.4 Å². The molecule has 2 aromatic rings. The van der Waals surface area contributed by atoms with Gasteiger partial charge in [0.2, 0.25) is 0 Å². The molecule has 0 aliphatic rings. The first-order valence-corrected chi connectivity index (χ1v) is 8.49. The Kier molecular flexibility index (Phi) is 6.67. The number of guanidine groups is 1. The van der Waals surface area contributed by atoms with Crippen molar-refractivity contribution in [1.29, 1.82) is 0 Å². The summed E-state index contributed by atoms with van der Waals surface area (Å²) in [6.07, 6.45) is 1.89. The number of halogens is 1. The second kappa shape index (κ2) is 8.74. The maximum absolute atomic E-state index is 5.85. The second-order valence-electron chi connectivity index (χ2n) is 4.97. The molecule has 1 N–H and O–H groups in total. The number of benzene rings is 1. The monoisotopic (exact) mass is 352 g/mol. The van der Waals surface area contributed by atoms with Gasteiger partial charge in [-0.05, 0) is 31.2 Å². The molecule has 0 unspecified atom stereocenters. The highest BCUT2D eigenvalue weighted by Crippen LogP contribution is 2.15. The van der Waals surface area contributed by atoms with Crippen LogP contribution in [-0.4, -0.2) is 43.1 Å². The smallest absolute Gasteiger partial charge is 0.193 e. The second-order valence-corrected chi connectivity index (χ2v) is 6.73. The van der Waals surface area contributed by atoms with Crippen LogP contribution in [0.1, 0.15) is 9.88 Å². The van der Waals surface area contributed by atoms with Crippen LogP contribution in [0, 0.1) is 6.92 Å². The minimum absolute atomic E-state index is 0.568. The van der Waals surface area contributed by atoms with E-state index in [4.69, 9.17) is 16.3 Å². The van der Waals surface area contributed by atoms with Crippen molar-refractivity contribution in [2.75, 3.05) is 27.2 Å². The van der Waals surface area contributed by atoms with Crippen molar-refractivity contribution >= 4 is 28.9 Å². The van der Waals surface area contributed by atoms with E-state index in [0.717, 1.165) is 29.8 Å². The number of thiazole rings is 1. The fourth-order valence-corrected chi connectivity index (χ4v) is 2.84. The zero-order chi connectivity index (χ0) is 16.7. The average molecular weight is 353 g/mol. The number of nitrogens with zero attached hydrogens (tertiary/aromatic N) is 3. The van der Waals surface area contributed by atoms with Crippen LogP contribution in [0.3, 0.4) is 0 Å². The van der Waals surface area contributed by atoms with Gasteiger partial charge in [-0.15, -0.1) is 11.3 Å². The van der Waals surface area contributed by atoms with E-state index in [0.29, 0.717) is 11.6 Å². The molecule has 0 radical (unpaired) electrons. The molecule has 2 rings (SSSR count). The summed E-state index contributed by atoms with van der Waals surface area (Å²) in [5.41, 5.74) is 0. The third kappa shape index (κ3) is 5.73. The highest BCUT2D eigenvalue weighted by Gasteiger charge is 2.07. The number of aryl methyl sites for hydroxylation is 1. The van der Waals surface area contributed by atoms with Crippen LogP contribution in [0.5, 0.6) is 5.75 Å². The Morgan fingerprint density at radius 1 is 1.39 bits per heavy atom. The van der Waals surface area contributed by atoms with Gasteiger partial charge in [-0.3, -0.25) is 4.99 Å². The number of rotatable bonds is 6. The van der Waals surface area contributed by atoms with Gasteiger partial charge in [0.05, 0.1) is 18.1 Å². The summed E-state index contributed by atoms with van der Waals surface area (Å²) in [7, 11) is 3.76. The molecule has 1 heterocycles. The van der Waals surface area contributed by atoms with Crippen molar-refractivity contribution in [3.8, 4) is 5.75 Å². The molecular formula is C16H21ClN4OS. The first-order chi connectivity index (χ1) is 11.1. The largest absolute Gasteiger partial charge is 0.492 e. The van der Waals surface area contributed by atoms with Gasteiger partial charge in [0.25, 0.3) is 0 Å². The van der Waals surface area contributed by atoms with Crippen molar-refractivity contribution in [2.24, 2.45) is 4.99 Å². The van der Waals surface area contributed by atoms with E-state index < -0.39 is 0 Å². The van der Waals surface area contributed by atoms with Crippen molar-refractivity contribution in [3.63, 3.8) is 0 Å². The predicted molar refractivity (Wildman–Crippen MR) is 96.6 cm³/mol. The number of hydrogen-bond acceptors (Lipinski definition) is 4. The van der Waals surface area contributed by atoms with Crippen LogP contribution >= 0.6 is 22.9 Å². The van der Waals surface area contributed by atoms with E-state index in [1.807, 2.05) is 49.3 Å². The summed E-state index contributed by atoms with van der Waals surface area (Å²) in [5.74, 6) is 1.64. The van der Waals surface area contributed by atoms with E-state index in [2.05, 4.69) is 15.3 Å². The molecule has 124 valence electrons. The lowest BCUT2D eigenvalue weighted by atomic mass is 10.3. The third-order valence-electron chi connectivity index (χ3n) is 3.17. The molecular weight excluding hydrogens is 332 g/mol. The number of aliphatic imine (C=N–C) groups is 1. The molecule has 7 heteroatoms. The number of likely N-dealkylation sites (N-methyl/N-ethyl adjacent to an activating group) is 1. The lowest BCUT2D eigenvalue weighted by molar-refractivity contribution is 0.281. The maximum atomic E-state index is 5.85. The molecule has 5 nitrogen and oxygen atoms in total. The molecule has 0 spiro atoms. The minimum Gasteiger partial charge on any atom is -0.492 e. The number of hydrogen-bond donors (Lipinski definition) is 1. The Hall–Kier alpha value is -1.79. The molecule has 0 amide bonds. The lowest BCUT2D eigenvalue weighted by Gasteiger charge is -2.21. The van der Waals surface area contributed by atoms with Gasteiger partial charge >= 0.3 is 0 Å². The van der Waals surface area contributed by atoms with Gasteiger partial charge in [0.15, 0.2) is 5.96 Å². The van der Waals surface area contributed by atoms with Crippen molar-refractivity contribution < 1.29 is 4.74 Å². The standard InChI is InChI=1S/C16H21ClN4OS/c1-12-19-10-15(23-12)11-20-16(18-2)21(3)8-9-22-14-6-4-13(17)5-7-14/h4-7,10H,8-9,11H2,1-3H3,(H,18,20). The van der Waals surface area contributed by atoms with Crippen molar-refractivity contribution in [2.45, 2.75) is 13.5 Å². The molecule has 0 bridgehead atoms. The van der Waals surface area contributed by atoms with Crippen LogP contribution in [0.25, 0.3) is 0 Å². The SMILES string of the molecule is CN=C(NCc1cnc(C)s1)N(C)CCOc1ccc(Cl)cc1. The fraction of sp³-hybridized carbons (Fsp3) is 0.375. The highest BCUT2D eigenvalue weighted by molar-refractivity contribution is 7.11. The van der Waals surface area contributed by atoms with E-state index in [9.17, 15) is 0 Å². The van der Waals surface area contributed by atoms with E-state index in [1.165, 1.54) is 4.88 Å². The fourth-order valence-electron chi connectivity index (χ4n) is 1.98. The lowest BCUT2D eigenvalue weighted by Crippen LogP contribution is -2.40. The van der Waals surface area contributed by atoms with Crippen molar-refractivity contribution in [1.82, 2.24) is 15.2 Å². The zero-order valence-corrected chi connectivity index (χ0v) is 15.1. The minimum atomic E-state index is 0.568. The Morgan fingerprint density at radius 2 is 2.13 bits per heavy atom. The van der Waals surface area contributed by atoms with Crippen LogP contribution in [0.4, 0.5) is 0 Å². The summed E-state index contributed by atoms with van der Waals surface area (Å²) in [5, 5.41) is 5.11. The van der Waals surface area contributed by atoms with E-state index >= 15 is 0 Å².